The molecule has 0 aliphatic rings. The molecule has 0 spiro atoms. The molecule has 90 valence electrons. The van der Waals surface area contributed by atoms with E-state index in [4.69, 9.17) is 0 Å². The standard InChI is InChI=1S/C13H9NO3S/c15-11(7-6-10-4-2-1-3-5-10)12-8-9-13(18-12)14(16)17/h1-9H. The van der Waals surface area contributed by atoms with Crippen molar-refractivity contribution in [1.82, 2.24) is 0 Å². The molecule has 0 fully saturated rings. The number of benzene rings is 1. The van der Waals surface area contributed by atoms with Crippen LogP contribution in [0.1, 0.15) is 15.2 Å². The van der Waals surface area contributed by atoms with Gasteiger partial charge in [0.05, 0.1) is 9.80 Å². The third-order valence-corrected chi connectivity index (χ3v) is 3.29. The van der Waals surface area contributed by atoms with Crippen molar-refractivity contribution < 1.29 is 9.72 Å². The van der Waals surface area contributed by atoms with Crippen molar-refractivity contribution in [2.75, 3.05) is 0 Å². The molecule has 18 heavy (non-hydrogen) atoms. The number of carbonyl (C=O) groups excluding carboxylic acids is 1. The van der Waals surface area contributed by atoms with Gasteiger partial charge in [-0.1, -0.05) is 47.7 Å². The summed E-state index contributed by atoms with van der Waals surface area (Å²) in [6, 6.07) is 12.2. The van der Waals surface area contributed by atoms with Gasteiger partial charge in [0.2, 0.25) is 0 Å². The first-order valence-corrected chi connectivity index (χ1v) is 6.00. The lowest BCUT2D eigenvalue weighted by Crippen LogP contribution is -1.88. The number of hydrogen-bond acceptors (Lipinski definition) is 4. The van der Waals surface area contributed by atoms with E-state index >= 15 is 0 Å². The van der Waals surface area contributed by atoms with E-state index in [1.165, 1.54) is 18.2 Å². The maximum atomic E-state index is 11.8. The van der Waals surface area contributed by atoms with Crippen LogP contribution in [-0.4, -0.2) is 10.7 Å². The highest BCUT2D eigenvalue weighted by molar-refractivity contribution is 7.17. The number of ketones is 1. The van der Waals surface area contributed by atoms with Crippen LogP contribution in [0.2, 0.25) is 0 Å². The monoisotopic (exact) mass is 259 g/mol. The third kappa shape index (κ3) is 2.89. The number of rotatable bonds is 4. The molecule has 0 aliphatic heterocycles. The molecule has 2 rings (SSSR count). The predicted octanol–water partition coefficient (Wildman–Crippen LogP) is 3.55. The minimum Gasteiger partial charge on any atom is -0.288 e. The Labute approximate surface area is 107 Å². The Balaban J connectivity index is 2.12. The van der Waals surface area contributed by atoms with Crippen LogP contribution in [-0.2, 0) is 0 Å². The second kappa shape index (κ2) is 5.37. The molecule has 2 aromatic rings. The SMILES string of the molecule is O=C(C=Cc1ccccc1)c1ccc([N+](=O)[O-])s1. The van der Waals surface area contributed by atoms with Crippen molar-refractivity contribution in [2.24, 2.45) is 0 Å². The lowest BCUT2D eigenvalue weighted by molar-refractivity contribution is -0.380. The van der Waals surface area contributed by atoms with Gasteiger partial charge in [0.1, 0.15) is 0 Å². The van der Waals surface area contributed by atoms with Crippen molar-refractivity contribution >= 4 is 28.2 Å². The minimum atomic E-state index is -0.498. The molecule has 0 aliphatic carbocycles. The molecule has 0 bridgehead atoms. The third-order valence-electron chi connectivity index (χ3n) is 2.24. The van der Waals surface area contributed by atoms with E-state index in [-0.39, 0.29) is 10.8 Å². The molecule has 0 amide bonds. The number of carbonyl (C=O) groups is 1. The van der Waals surface area contributed by atoms with Gasteiger partial charge in [-0.3, -0.25) is 14.9 Å². The normalized spacial score (nSPS) is 10.7. The van der Waals surface area contributed by atoms with Gasteiger partial charge in [-0.25, -0.2) is 0 Å². The van der Waals surface area contributed by atoms with Crippen molar-refractivity contribution in [1.29, 1.82) is 0 Å². The van der Waals surface area contributed by atoms with Gasteiger partial charge in [-0.05, 0) is 17.7 Å². The van der Waals surface area contributed by atoms with E-state index in [1.807, 2.05) is 30.3 Å². The Bertz CT molecular complexity index is 602. The van der Waals surface area contributed by atoms with Gasteiger partial charge < -0.3 is 0 Å². The van der Waals surface area contributed by atoms with Crippen LogP contribution in [0.4, 0.5) is 5.00 Å². The molecule has 0 saturated heterocycles. The Morgan fingerprint density at radius 2 is 1.89 bits per heavy atom. The summed E-state index contributed by atoms with van der Waals surface area (Å²) in [4.78, 5) is 22.1. The molecule has 5 heteroatoms. The number of allylic oxidation sites excluding steroid dienone is 1. The van der Waals surface area contributed by atoms with Crippen molar-refractivity contribution in [3.8, 4) is 0 Å². The van der Waals surface area contributed by atoms with E-state index in [1.54, 1.807) is 6.08 Å². The number of nitro groups is 1. The fourth-order valence-electron chi connectivity index (χ4n) is 1.38. The fraction of sp³-hybridized carbons (Fsp3) is 0. The van der Waals surface area contributed by atoms with E-state index in [2.05, 4.69) is 0 Å². The van der Waals surface area contributed by atoms with Crippen molar-refractivity contribution in [2.45, 2.75) is 0 Å². The lowest BCUT2D eigenvalue weighted by atomic mass is 10.2. The Kier molecular flexibility index (Phi) is 3.64. The summed E-state index contributed by atoms with van der Waals surface area (Å²) < 4.78 is 0. The number of hydrogen-bond donors (Lipinski definition) is 0. The summed E-state index contributed by atoms with van der Waals surface area (Å²) in [6.45, 7) is 0. The average molecular weight is 259 g/mol. The first kappa shape index (κ1) is 12.2. The molecule has 4 nitrogen and oxygen atoms in total. The van der Waals surface area contributed by atoms with Crippen LogP contribution in [0, 0.1) is 10.1 Å². The van der Waals surface area contributed by atoms with Gasteiger partial charge in [-0.15, -0.1) is 0 Å². The Morgan fingerprint density at radius 1 is 1.17 bits per heavy atom. The average Bonchev–Trinajstić information content (AvgIpc) is 2.87. The molecule has 0 radical (unpaired) electrons. The maximum Gasteiger partial charge on any atom is 0.324 e. The fourth-order valence-corrected chi connectivity index (χ4v) is 2.12. The van der Waals surface area contributed by atoms with E-state index in [0.717, 1.165) is 16.9 Å². The first-order valence-electron chi connectivity index (χ1n) is 5.18. The van der Waals surface area contributed by atoms with Gasteiger partial charge in [0, 0.05) is 6.07 Å². The summed E-state index contributed by atoms with van der Waals surface area (Å²) in [5.74, 6) is -0.225. The first-order chi connectivity index (χ1) is 8.66. The van der Waals surface area contributed by atoms with E-state index < -0.39 is 4.92 Å². The zero-order valence-corrected chi connectivity index (χ0v) is 10.1. The highest BCUT2D eigenvalue weighted by atomic mass is 32.1. The van der Waals surface area contributed by atoms with Crippen molar-refractivity contribution in [3.63, 3.8) is 0 Å². The van der Waals surface area contributed by atoms with Crippen LogP contribution in [0.25, 0.3) is 6.08 Å². The largest absolute Gasteiger partial charge is 0.324 e. The second-order valence-corrected chi connectivity index (χ2v) is 4.57. The highest BCUT2D eigenvalue weighted by Gasteiger charge is 2.13. The molecule has 1 aromatic heterocycles. The second-order valence-electron chi connectivity index (χ2n) is 3.50. The molecule has 0 atom stereocenters. The topological polar surface area (TPSA) is 60.2 Å². The Hall–Kier alpha value is -2.27. The number of nitrogens with zero attached hydrogens (tertiary/aromatic N) is 1. The van der Waals surface area contributed by atoms with Crippen LogP contribution >= 0.6 is 11.3 Å². The summed E-state index contributed by atoms with van der Waals surface area (Å²) in [7, 11) is 0. The summed E-state index contributed by atoms with van der Waals surface area (Å²) in [5, 5.41) is 10.5. The van der Waals surface area contributed by atoms with Crippen LogP contribution in [0.15, 0.2) is 48.5 Å². The lowest BCUT2D eigenvalue weighted by Gasteiger charge is -1.90. The van der Waals surface area contributed by atoms with Gasteiger partial charge in [0.25, 0.3) is 0 Å². The maximum absolute atomic E-state index is 11.8. The predicted molar refractivity (Wildman–Crippen MR) is 70.8 cm³/mol. The van der Waals surface area contributed by atoms with Gasteiger partial charge in [-0.2, -0.15) is 0 Å². The quantitative estimate of drug-likeness (QED) is 0.365. The zero-order valence-electron chi connectivity index (χ0n) is 9.28. The molecule has 1 heterocycles. The molecule has 0 unspecified atom stereocenters. The van der Waals surface area contributed by atoms with Crippen LogP contribution < -0.4 is 0 Å². The van der Waals surface area contributed by atoms with Gasteiger partial charge >= 0.3 is 5.00 Å². The van der Waals surface area contributed by atoms with E-state index in [0.29, 0.717) is 4.88 Å². The minimum absolute atomic E-state index is 0.0218. The van der Waals surface area contributed by atoms with Crippen LogP contribution in [0.5, 0.6) is 0 Å². The molecule has 0 saturated carbocycles. The number of thiophene rings is 1. The Morgan fingerprint density at radius 3 is 2.50 bits per heavy atom. The highest BCUT2D eigenvalue weighted by Crippen LogP contribution is 2.24. The van der Waals surface area contributed by atoms with E-state index in [9.17, 15) is 14.9 Å². The summed E-state index contributed by atoms with van der Waals surface area (Å²) >= 11 is 0.884. The smallest absolute Gasteiger partial charge is 0.288 e. The summed E-state index contributed by atoms with van der Waals surface area (Å²) in [5.41, 5.74) is 0.914. The molecular formula is C13H9NO3S. The summed E-state index contributed by atoms with van der Waals surface area (Å²) in [6.07, 6.45) is 3.11. The van der Waals surface area contributed by atoms with Gasteiger partial charge in [0.15, 0.2) is 5.78 Å². The van der Waals surface area contributed by atoms with Crippen LogP contribution in [0.3, 0.4) is 0 Å². The molecular weight excluding hydrogens is 250 g/mol. The zero-order chi connectivity index (χ0) is 13.0. The molecule has 1 aromatic carbocycles. The van der Waals surface area contributed by atoms with Crippen molar-refractivity contribution in [3.05, 3.63) is 69.1 Å². The molecule has 0 N–H and O–H groups in total.